The van der Waals surface area contributed by atoms with E-state index in [-0.39, 0.29) is 44.4 Å². The number of hydrogen-bond donors (Lipinski definition) is 2. The number of carbonyl (C=O) groups is 4. The largest absolute Gasteiger partial charge is 0.488 e. The highest BCUT2D eigenvalue weighted by atomic mass is 19.1. The van der Waals surface area contributed by atoms with Gasteiger partial charge in [0.25, 0.3) is 0 Å². The van der Waals surface area contributed by atoms with E-state index in [2.05, 4.69) is 20.6 Å². The van der Waals surface area contributed by atoms with Gasteiger partial charge < -0.3 is 39.1 Å². The molecule has 2 aromatic carbocycles. The Kier molecular flexibility index (Phi) is 12.0. The molecule has 3 aromatic rings. The second kappa shape index (κ2) is 17.4. The van der Waals surface area contributed by atoms with Crippen molar-refractivity contribution in [3.8, 4) is 16.9 Å². The molecule has 0 saturated carbocycles. The third-order valence-electron chi connectivity index (χ3n) is 12.5. The summed E-state index contributed by atoms with van der Waals surface area (Å²) in [5, 5.41) is 5.87. The number of benzene rings is 2. The van der Waals surface area contributed by atoms with Crippen LogP contribution in [0.2, 0.25) is 0 Å². The first-order chi connectivity index (χ1) is 30.1. The van der Waals surface area contributed by atoms with E-state index in [9.17, 15) is 32.8 Å². The molecule has 332 valence electrons. The highest BCUT2D eigenvalue weighted by Gasteiger charge is 2.44. The number of hydrogen-bond acceptors (Lipinski definition) is 11. The number of amides is 4. The van der Waals surface area contributed by atoms with Gasteiger partial charge in [-0.2, -0.15) is 0 Å². The Hall–Kier alpha value is -6.39. The Morgan fingerprint density at radius 1 is 0.762 bits per heavy atom. The molecular weight excluding hydrogens is 819 g/mol. The van der Waals surface area contributed by atoms with E-state index in [0.29, 0.717) is 57.7 Å². The Balaban J connectivity index is 0.962. The molecule has 2 saturated heterocycles. The van der Waals surface area contributed by atoms with Crippen LogP contribution in [0.25, 0.3) is 33.2 Å². The van der Waals surface area contributed by atoms with Gasteiger partial charge in [-0.3, -0.25) is 19.6 Å². The molecule has 63 heavy (non-hydrogen) atoms. The first kappa shape index (κ1) is 43.3. The molecule has 5 aliphatic heterocycles. The number of fused-ring (bicyclic) bond motifs is 5. The lowest BCUT2D eigenvalue weighted by Gasteiger charge is -2.30. The third-order valence-corrected chi connectivity index (χ3v) is 12.5. The van der Waals surface area contributed by atoms with Crippen LogP contribution in [0.5, 0.6) is 5.75 Å². The lowest BCUT2D eigenvalue weighted by molar-refractivity contribution is -0.135. The van der Waals surface area contributed by atoms with Crippen LogP contribution < -0.4 is 21.0 Å². The molecule has 17 heteroatoms. The highest BCUT2D eigenvalue weighted by Crippen LogP contribution is 2.42. The van der Waals surface area contributed by atoms with Crippen molar-refractivity contribution in [3.05, 3.63) is 75.9 Å². The molecule has 6 atom stereocenters. The van der Waals surface area contributed by atoms with Crippen LogP contribution in [-0.2, 0) is 25.7 Å². The summed E-state index contributed by atoms with van der Waals surface area (Å²) in [4.78, 5) is 77.2. The van der Waals surface area contributed by atoms with Crippen molar-refractivity contribution < 1.29 is 46.6 Å². The zero-order chi connectivity index (χ0) is 44.9. The smallest absolute Gasteiger partial charge is 0.407 e. The number of likely N-dealkylation sites (tertiary alicyclic amines) is 2. The van der Waals surface area contributed by atoms with E-state index in [1.165, 1.54) is 24.0 Å². The van der Waals surface area contributed by atoms with Crippen LogP contribution >= 0.6 is 0 Å². The van der Waals surface area contributed by atoms with Crippen LogP contribution in [0.4, 0.5) is 18.4 Å². The van der Waals surface area contributed by atoms with E-state index in [0.717, 1.165) is 22.3 Å². The Bertz CT molecular complexity index is 2570. The predicted molar refractivity (Wildman–Crippen MR) is 231 cm³/mol. The molecule has 5 aliphatic rings. The van der Waals surface area contributed by atoms with Crippen molar-refractivity contribution in [2.45, 2.75) is 96.5 Å². The lowest BCUT2D eigenvalue weighted by Crippen LogP contribution is -2.53. The first-order valence-electron chi connectivity index (χ1n) is 21.1. The van der Waals surface area contributed by atoms with Crippen LogP contribution in [0, 0.1) is 11.8 Å². The molecule has 0 bridgehead atoms. The van der Waals surface area contributed by atoms with Gasteiger partial charge >= 0.3 is 17.8 Å². The quantitative estimate of drug-likeness (QED) is 0.219. The number of carbonyl (C=O) groups excluding carboxylic acids is 4. The summed E-state index contributed by atoms with van der Waals surface area (Å²) in [6.07, 6.45) is 0.307. The number of nitrogens with zero attached hydrogens (tertiary/aromatic N) is 4. The molecular formula is C46H50F2N6O9. The number of allylic oxidation sites excluding steroid dienone is 2. The number of ether oxygens (including phenoxy) is 3. The molecule has 4 amide bonds. The maximum Gasteiger partial charge on any atom is 0.407 e. The summed E-state index contributed by atoms with van der Waals surface area (Å²) in [6, 6.07) is 8.10. The maximum absolute atomic E-state index is 14.9. The second-order valence-electron chi connectivity index (χ2n) is 17.3. The van der Waals surface area contributed by atoms with Gasteiger partial charge in [0.15, 0.2) is 0 Å². The third kappa shape index (κ3) is 8.32. The van der Waals surface area contributed by atoms with E-state index in [1.54, 1.807) is 46.2 Å². The number of alkyl carbamates (subject to hydrolysis) is 2. The van der Waals surface area contributed by atoms with Gasteiger partial charge in [0.05, 0.1) is 45.0 Å². The summed E-state index contributed by atoms with van der Waals surface area (Å²) in [5.41, 5.74) is 5.94. The summed E-state index contributed by atoms with van der Waals surface area (Å²) in [5.74, 6) is -0.845. The fourth-order valence-electron chi connectivity index (χ4n) is 9.18. The molecule has 6 heterocycles. The van der Waals surface area contributed by atoms with Gasteiger partial charge in [-0.25, -0.2) is 23.2 Å². The number of alkyl halides is 2. The van der Waals surface area contributed by atoms with Crippen LogP contribution in [0.15, 0.2) is 68.0 Å². The second-order valence-corrected chi connectivity index (χ2v) is 17.3. The van der Waals surface area contributed by atoms with Crippen molar-refractivity contribution in [1.82, 2.24) is 20.4 Å². The zero-order valence-electron chi connectivity index (χ0n) is 35.9. The lowest BCUT2D eigenvalue weighted by atomic mass is 9.91. The highest BCUT2D eigenvalue weighted by molar-refractivity contribution is 6.06. The van der Waals surface area contributed by atoms with E-state index in [1.807, 2.05) is 30.3 Å². The summed E-state index contributed by atoms with van der Waals surface area (Å²) in [7, 11) is 2.43. The Morgan fingerprint density at radius 3 is 1.78 bits per heavy atom. The molecule has 8 rings (SSSR count). The van der Waals surface area contributed by atoms with E-state index in [4.69, 9.17) is 18.6 Å². The minimum Gasteiger partial charge on any atom is -0.488 e. The normalized spacial score (nSPS) is 22.4. The number of methoxy groups -OCH3 is 2. The fourth-order valence-corrected chi connectivity index (χ4v) is 9.18. The van der Waals surface area contributed by atoms with Gasteiger partial charge in [0.2, 0.25) is 11.8 Å². The predicted octanol–water partition coefficient (Wildman–Crippen LogP) is 6.36. The summed E-state index contributed by atoms with van der Waals surface area (Å²) < 4.78 is 51.4. The molecule has 0 radical (unpaired) electrons. The molecule has 0 spiro atoms. The molecule has 15 nitrogen and oxygen atoms in total. The topological polar surface area (TPSA) is 181 Å². The number of rotatable bonds is 10. The standard InChI is InChI=1S/C46H50F2N6O9/c1-22(2)40(51-45(58)60-5)42(55)53-19-28(47)15-35(53)33-11-26(17-49-33)24-8-10-31-37(13-24)62-21-32-30-9-7-25(14-38(30)63-44(57)39(31)32)27-12-34(50-18-27)36-16-29(48)20-54(36)43(56)41(23(3)4)52-46(59)61-6/h7-10,13-14,17-18,22-23,28-29,35-36,40-41H,11-12,15-16,19-21H2,1-6H3,(H,51,58)(H,52,59)/t28-,29-,35+,36+,40+,41+/m1/s1. The van der Waals surface area contributed by atoms with Gasteiger partial charge in [0.1, 0.15) is 42.4 Å². The Labute approximate surface area is 362 Å². The summed E-state index contributed by atoms with van der Waals surface area (Å²) in [6.45, 7) is 7.07. The minimum atomic E-state index is -1.25. The average molecular weight is 869 g/mol. The van der Waals surface area contributed by atoms with Gasteiger partial charge in [-0.15, -0.1) is 0 Å². The maximum atomic E-state index is 14.9. The summed E-state index contributed by atoms with van der Waals surface area (Å²) >= 11 is 0. The van der Waals surface area contributed by atoms with Gasteiger partial charge in [-0.1, -0.05) is 45.9 Å². The van der Waals surface area contributed by atoms with Gasteiger partial charge in [0, 0.05) is 66.0 Å². The van der Waals surface area contributed by atoms with Crippen molar-refractivity contribution in [2.24, 2.45) is 21.8 Å². The van der Waals surface area contributed by atoms with E-state index >= 15 is 0 Å². The van der Waals surface area contributed by atoms with Crippen LogP contribution in [-0.4, -0.2) is 109 Å². The Morgan fingerprint density at radius 2 is 1.27 bits per heavy atom. The number of halogens is 2. The van der Waals surface area contributed by atoms with Crippen molar-refractivity contribution in [1.29, 1.82) is 0 Å². The first-order valence-corrected chi connectivity index (χ1v) is 21.1. The van der Waals surface area contributed by atoms with Crippen molar-refractivity contribution in [3.63, 3.8) is 0 Å². The number of aliphatic imine (C=N–C) groups is 2. The number of nitrogens with one attached hydrogen (secondary N) is 2. The van der Waals surface area contributed by atoms with E-state index < -0.39 is 66.1 Å². The molecule has 2 fully saturated rings. The average Bonchev–Trinajstić information content (AvgIpc) is 4.10. The molecule has 1 aromatic heterocycles. The van der Waals surface area contributed by atoms with Gasteiger partial charge in [-0.05, 0) is 52.3 Å². The monoisotopic (exact) mass is 868 g/mol. The van der Waals surface area contributed by atoms with Crippen LogP contribution in [0.1, 0.15) is 70.1 Å². The van der Waals surface area contributed by atoms with Crippen molar-refractivity contribution in [2.75, 3.05) is 27.3 Å². The molecule has 0 aliphatic carbocycles. The SMILES string of the molecule is COC(=O)N[C@H](C(=O)N1C[C@H](F)C[C@H]1C1=NC=C(c2ccc3c(c2)OCc2c-3c(=O)oc3cc(C4=CN=C([C@@H]5C[C@@H](F)CN5C(=O)[C@@H](NC(=O)OC)C(C)C)C4)ccc23)C1)C(C)C. The zero-order valence-corrected chi connectivity index (χ0v) is 35.9. The van der Waals surface area contributed by atoms with Crippen molar-refractivity contribution >= 4 is 57.5 Å². The van der Waals surface area contributed by atoms with Crippen LogP contribution in [0.3, 0.4) is 0 Å². The molecule has 0 unspecified atom stereocenters. The fraction of sp³-hybridized carbons (Fsp3) is 0.457. The minimum absolute atomic E-state index is 0.0862. The molecule has 2 N–H and O–H groups in total.